The van der Waals surface area contributed by atoms with Crippen LogP contribution in [0.1, 0.15) is 5.56 Å². The van der Waals surface area contributed by atoms with Crippen molar-refractivity contribution in [1.29, 1.82) is 5.26 Å². The molecule has 0 unspecified atom stereocenters. The minimum absolute atomic E-state index is 0.583. The maximum Gasteiger partial charge on any atom is 0.188 e. The normalized spacial score (nSPS) is 11.1. The second-order valence-corrected chi connectivity index (χ2v) is 12.7. The van der Waals surface area contributed by atoms with E-state index in [4.69, 9.17) is 15.3 Å². The molecule has 6 nitrogen and oxygen atoms in total. The van der Waals surface area contributed by atoms with E-state index in [0.717, 1.165) is 72.3 Å². The Hall–Kier alpha value is -7.06. The van der Waals surface area contributed by atoms with E-state index in [0.29, 0.717) is 11.3 Å². The Kier molecular flexibility index (Phi) is 7.32. The molecule has 51 heavy (non-hydrogen) atoms. The van der Waals surface area contributed by atoms with E-state index < -0.39 is 0 Å². The van der Waals surface area contributed by atoms with Gasteiger partial charge in [-0.25, -0.2) is 4.85 Å². The molecule has 9 rings (SSSR count). The maximum absolute atomic E-state index is 9.37. The zero-order valence-corrected chi connectivity index (χ0v) is 27.9. The Morgan fingerprint density at radius 2 is 1.24 bits per heavy atom. The van der Waals surface area contributed by atoms with E-state index >= 15 is 0 Å². The minimum atomic E-state index is 0.583. The number of benzene rings is 7. The van der Waals surface area contributed by atoms with Gasteiger partial charge in [-0.15, -0.1) is 0 Å². The Morgan fingerprint density at radius 3 is 1.96 bits per heavy atom. The molecule has 0 aliphatic carbocycles. The first kappa shape index (κ1) is 30.0. The molecule has 0 saturated carbocycles. The molecule has 2 heterocycles. The lowest BCUT2D eigenvalue weighted by molar-refractivity contribution is 1.18. The van der Waals surface area contributed by atoms with E-state index in [2.05, 4.69) is 124 Å². The fourth-order valence-electron chi connectivity index (χ4n) is 6.92. The van der Waals surface area contributed by atoms with Gasteiger partial charge in [-0.1, -0.05) is 72.8 Å². The largest absolute Gasteiger partial charge is 0.309 e. The zero-order chi connectivity index (χ0) is 34.3. The third-order valence-corrected chi connectivity index (χ3v) is 9.85. The van der Waals surface area contributed by atoms with Crippen molar-refractivity contribution >= 4 is 67.3 Å². The van der Waals surface area contributed by atoms with Crippen LogP contribution in [0.4, 0.5) is 22.7 Å². The van der Waals surface area contributed by atoms with Crippen molar-refractivity contribution in [2.45, 2.75) is 0 Å². The van der Waals surface area contributed by atoms with Gasteiger partial charge in [-0.2, -0.15) is 14.0 Å². The highest BCUT2D eigenvalue weighted by molar-refractivity contribution is 7.00. The van der Waals surface area contributed by atoms with Crippen molar-refractivity contribution in [3.05, 3.63) is 175 Å². The first-order valence-corrected chi connectivity index (χ1v) is 17.2. The Morgan fingerprint density at radius 1 is 0.608 bits per heavy atom. The minimum Gasteiger partial charge on any atom is -0.309 e. The molecule has 0 amide bonds. The summed E-state index contributed by atoms with van der Waals surface area (Å²) in [7, 11) is 0. The van der Waals surface area contributed by atoms with E-state index in [1.54, 1.807) is 0 Å². The summed E-state index contributed by atoms with van der Waals surface area (Å²) in [5.41, 5.74) is 13.1. The molecule has 0 atom stereocenters. The highest BCUT2D eigenvalue weighted by atomic mass is 32.1. The van der Waals surface area contributed by atoms with Crippen LogP contribution in [-0.4, -0.2) is 13.3 Å². The summed E-state index contributed by atoms with van der Waals surface area (Å²) in [6.07, 6.45) is 0. The molecule has 0 N–H and O–H groups in total. The molecule has 0 bridgehead atoms. The molecular weight excluding hydrogens is 645 g/mol. The predicted octanol–water partition coefficient (Wildman–Crippen LogP) is 12.0. The third kappa shape index (κ3) is 5.17. The molecule has 0 spiro atoms. The lowest BCUT2D eigenvalue weighted by atomic mass is 10.00. The van der Waals surface area contributed by atoms with E-state index in [9.17, 15) is 5.26 Å². The van der Waals surface area contributed by atoms with E-state index in [-0.39, 0.29) is 0 Å². The smallest absolute Gasteiger partial charge is 0.188 e. The molecule has 0 aliphatic heterocycles. The predicted molar refractivity (Wildman–Crippen MR) is 208 cm³/mol. The van der Waals surface area contributed by atoms with Crippen LogP contribution in [0.25, 0.3) is 65.6 Å². The van der Waals surface area contributed by atoms with Crippen molar-refractivity contribution in [3.63, 3.8) is 0 Å². The van der Waals surface area contributed by atoms with E-state index in [1.807, 2.05) is 54.6 Å². The molecule has 2 aromatic heterocycles. The number of rotatable bonds is 6. The van der Waals surface area contributed by atoms with Crippen molar-refractivity contribution in [2.75, 3.05) is 4.90 Å². The number of para-hydroxylation sites is 1. The Labute approximate surface area is 298 Å². The monoisotopic (exact) mass is 670 g/mol. The summed E-state index contributed by atoms with van der Waals surface area (Å²) in [5.74, 6) is 0. The molecule has 7 heteroatoms. The molecule has 0 radical (unpaired) electrons. The number of fused-ring (bicyclic) bond motifs is 4. The SMILES string of the molecule is [C-]#[N+]c1ccc2c(c1)c1cc(-c3ccc(N(c4ccccc4)c4ccc(-c5ccccc5)cc4)c4nsnc34)ccc1n2-c1ccc(C#N)cc1. The number of anilines is 3. The lowest BCUT2D eigenvalue weighted by Crippen LogP contribution is -2.10. The van der Waals surface area contributed by atoms with Gasteiger partial charge in [0, 0.05) is 28.0 Å². The van der Waals surface area contributed by atoms with Crippen molar-refractivity contribution in [1.82, 2.24) is 13.3 Å². The molecule has 9 aromatic rings. The summed E-state index contributed by atoms with van der Waals surface area (Å²) in [6.45, 7) is 7.69. The second kappa shape index (κ2) is 12.4. The number of hydrogen-bond donors (Lipinski definition) is 0. The van der Waals surface area contributed by atoms with Crippen LogP contribution in [0.15, 0.2) is 158 Å². The van der Waals surface area contributed by atoms with Crippen LogP contribution >= 0.6 is 11.7 Å². The number of hydrogen-bond acceptors (Lipinski definition) is 5. The summed E-state index contributed by atoms with van der Waals surface area (Å²) in [4.78, 5) is 5.96. The summed E-state index contributed by atoms with van der Waals surface area (Å²) in [6, 6.07) is 55.7. The van der Waals surface area contributed by atoms with Gasteiger partial charge in [-0.3, -0.25) is 0 Å². The first-order valence-electron chi connectivity index (χ1n) is 16.4. The Balaban J connectivity index is 1.19. The number of nitriles is 1. The van der Waals surface area contributed by atoms with Crippen LogP contribution < -0.4 is 4.90 Å². The van der Waals surface area contributed by atoms with Gasteiger partial charge in [0.05, 0.1) is 46.7 Å². The van der Waals surface area contributed by atoms with Gasteiger partial charge >= 0.3 is 0 Å². The Bertz CT molecular complexity index is 2810. The number of nitrogens with zero attached hydrogens (tertiary/aromatic N) is 6. The van der Waals surface area contributed by atoms with Crippen LogP contribution in [0, 0.1) is 17.9 Å². The summed E-state index contributed by atoms with van der Waals surface area (Å²) < 4.78 is 11.9. The van der Waals surface area contributed by atoms with Gasteiger partial charge in [0.1, 0.15) is 11.0 Å². The molecular formula is C44H26N6S. The van der Waals surface area contributed by atoms with Crippen LogP contribution in [0.5, 0.6) is 0 Å². The fraction of sp³-hybridized carbons (Fsp3) is 0. The van der Waals surface area contributed by atoms with Gasteiger partial charge in [0.15, 0.2) is 5.69 Å². The topological polar surface area (TPSA) is 62.1 Å². The van der Waals surface area contributed by atoms with Crippen molar-refractivity contribution in [2.24, 2.45) is 0 Å². The van der Waals surface area contributed by atoms with Gasteiger partial charge in [-0.05, 0) is 107 Å². The lowest BCUT2D eigenvalue weighted by Gasteiger charge is -2.26. The zero-order valence-electron chi connectivity index (χ0n) is 27.1. The standard InChI is InChI=1S/C44H26N6S/c1-46-33-17-24-41-39(27-33)38-26-32(16-23-40(38)50(41)36-18-12-29(28-45)13-19-36)37-22-25-42(44-43(37)47-51-48-44)49(34-10-6-3-7-11-34)35-20-14-31(15-21-35)30-8-4-2-5-9-30/h2-27H. The van der Waals surface area contributed by atoms with Crippen molar-refractivity contribution in [3.8, 4) is 34.0 Å². The average molecular weight is 671 g/mol. The molecule has 238 valence electrons. The van der Waals surface area contributed by atoms with Crippen LogP contribution in [-0.2, 0) is 0 Å². The molecule has 0 fully saturated rings. The number of aromatic nitrogens is 3. The van der Waals surface area contributed by atoms with Crippen LogP contribution in [0.2, 0.25) is 0 Å². The highest BCUT2D eigenvalue weighted by Crippen LogP contribution is 2.43. The van der Waals surface area contributed by atoms with Gasteiger partial charge < -0.3 is 9.47 Å². The van der Waals surface area contributed by atoms with Crippen molar-refractivity contribution < 1.29 is 0 Å². The highest BCUT2D eigenvalue weighted by Gasteiger charge is 2.21. The summed E-state index contributed by atoms with van der Waals surface area (Å²) >= 11 is 1.21. The average Bonchev–Trinajstić information content (AvgIpc) is 3.82. The first-order chi connectivity index (χ1) is 25.2. The van der Waals surface area contributed by atoms with Gasteiger partial charge in [0.2, 0.25) is 0 Å². The summed E-state index contributed by atoms with van der Waals surface area (Å²) in [5, 5.41) is 11.4. The van der Waals surface area contributed by atoms with E-state index in [1.165, 1.54) is 17.3 Å². The quantitative estimate of drug-likeness (QED) is 0.165. The second-order valence-electron chi connectivity index (χ2n) is 12.2. The van der Waals surface area contributed by atoms with Gasteiger partial charge in [0.25, 0.3) is 0 Å². The fourth-order valence-corrected chi connectivity index (χ4v) is 7.49. The molecule has 0 aliphatic rings. The molecule has 0 saturated heterocycles. The maximum atomic E-state index is 9.37. The molecule has 7 aromatic carbocycles. The van der Waals surface area contributed by atoms with Crippen LogP contribution in [0.3, 0.4) is 0 Å². The third-order valence-electron chi connectivity index (χ3n) is 9.33.